The summed E-state index contributed by atoms with van der Waals surface area (Å²) in [6.07, 6.45) is -0.0840. The molecule has 1 aliphatic carbocycles. The predicted molar refractivity (Wildman–Crippen MR) is 122 cm³/mol. The molecule has 0 saturated carbocycles. The van der Waals surface area contributed by atoms with E-state index in [1.165, 1.54) is 11.1 Å². The number of rotatable bonds is 3. The number of phenols is 1. The average Bonchev–Trinajstić information content (AvgIpc) is 3.34. The van der Waals surface area contributed by atoms with Gasteiger partial charge in [-0.15, -0.1) is 18.2 Å². The Kier molecular flexibility index (Phi) is 5.25. The summed E-state index contributed by atoms with van der Waals surface area (Å²) in [5.41, 5.74) is 3.64. The maximum atomic E-state index is 10.1. The number of para-hydroxylation sites is 1. The van der Waals surface area contributed by atoms with E-state index >= 15 is 0 Å². The number of phenolic OH excluding ortho intramolecular Hbond substituents is 1. The molecule has 2 atom stereocenters. The first-order chi connectivity index (χ1) is 15.5. The van der Waals surface area contributed by atoms with E-state index in [2.05, 4.69) is 43.1 Å². The van der Waals surface area contributed by atoms with E-state index < -0.39 is 0 Å². The summed E-state index contributed by atoms with van der Waals surface area (Å²) in [4.78, 5) is 9.38. The Morgan fingerprint density at radius 1 is 0.970 bits per heavy atom. The maximum Gasteiger partial charge on any atom is 0.217 e. The second-order valence-electron chi connectivity index (χ2n) is 8.76. The van der Waals surface area contributed by atoms with Crippen LogP contribution in [0.1, 0.15) is 36.6 Å². The number of ether oxygens (including phenoxy) is 2. The van der Waals surface area contributed by atoms with Crippen LogP contribution in [0.3, 0.4) is 0 Å². The number of aromatic nitrogens is 1. The molecule has 6 rings (SSSR count). The maximum absolute atomic E-state index is 10.1. The average molecular weight is 617 g/mol. The number of nitrogens with zero attached hydrogens (tertiary/aromatic N) is 2. The van der Waals surface area contributed by atoms with Gasteiger partial charge >= 0.3 is 0 Å². The standard InChI is InChI=1S/C27H21N2O3.Pt/c1-27(2)20-11-4-3-10-19(20)24-25(27)29-26(32-24)17-8-5-9-18(15-17)31-22-14-13-16-7-6-12-21(30)23(16)28-22;/h3-14,24-25,30H,1-2H3;/q-1;/t24-,25+;/m0./s1. The minimum absolute atomic E-state index is 0. The topological polar surface area (TPSA) is 63.9 Å². The van der Waals surface area contributed by atoms with Crippen molar-refractivity contribution in [3.8, 4) is 17.4 Å². The molecule has 0 spiro atoms. The summed E-state index contributed by atoms with van der Waals surface area (Å²) in [6.45, 7) is 4.44. The van der Waals surface area contributed by atoms with Gasteiger partial charge < -0.3 is 14.6 Å². The van der Waals surface area contributed by atoms with E-state index in [1.807, 2.05) is 36.4 Å². The Morgan fingerprint density at radius 2 is 1.79 bits per heavy atom. The number of aromatic hydroxyl groups is 1. The molecule has 1 aliphatic heterocycles. The van der Waals surface area contributed by atoms with Crippen LogP contribution < -0.4 is 4.74 Å². The molecule has 33 heavy (non-hydrogen) atoms. The summed E-state index contributed by atoms with van der Waals surface area (Å²) >= 11 is 0. The van der Waals surface area contributed by atoms with Crippen molar-refractivity contribution in [1.82, 2.24) is 4.98 Å². The largest absolute Gasteiger partial charge is 0.510 e. The summed E-state index contributed by atoms with van der Waals surface area (Å²) in [5.74, 6) is 1.59. The number of hydrogen-bond acceptors (Lipinski definition) is 5. The van der Waals surface area contributed by atoms with Gasteiger partial charge in [0.15, 0.2) is 0 Å². The SMILES string of the molecule is CC1(C)c2ccccc2[C@@H]2OC(c3[c-]c(Oc4ccc5cccc(O)c5n4)ccc3)=N[C@H]21.[Pt]. The van der Waals surface area contributed by atoms with E-state index in [-0.39, 0.29) is 44.4 Å². The molecule has 2 aliphatic rings. The van der Waals surface area contributed by atoms with Crippen molar-refractivity contribution in [3.05, 3.63) is 95.6 Å². The van der Waals surface area contributed by atoms with E-state index in [9.17, 15) is 5.11 Å². The van der Waals surface area contributed by atoms with E-state index in [0.717, 1.165) is 10.9 Å². The normalized spacial score (nSPS) is 19.8. The molecule has 168 valence electrons. The first-order valence-electron chi connectivity index (χ1n) is 10.6. The summed E-state index contributed by atoms with van der Waals surface area (Å²) in [7, 11) is 0. The number of aliphatic imine (C=N–C) groups is 1. The summed E-state index contributed by atoms with van der Waals surface area (Å²) in [5, 5.41) is 10.9. The molecule has 0 fully saturated rings. The quantitative estimate of drug-likeness (QED) is 0.300. The van der Waals surface area contributed by atoms with Gasteiger partial charge in [0.1, 0.15) is 23.3 Å². The molecule has 0 bridgehead atoms. The fraction of sp³-hybridized carbons (Fsp3) is 0.185. The van der Waals surface area contributed by atoms with Gasteiger partial charge in [0.2, 0.25) is 5.88 Å². The molecule has 0 saturated heterocycles. The Labute approximate surface area is 206 Å². The minimum Gasteiger partial charge on any atom is -0.510 e. The fourth-order valence-corrected chi connectivity index (χ4v) is 4.72. The van der Waals surface area contributed by atoms with Crippen molar-refractivity contribution in [3.63, 3.8) is 0 Å². The number of pyridine rings is 1. The molecular formula is C27H21N2O3Pt-. The van der Waals surface area contributed by atoms with Gasteiger partial charge in [-0.3, -0.25) is 4.99 Å². The first-order valence-corrected chi connectivity index (χ1v) is 10.6. The molecular weight excluding hydrogens is 595 g/mol. The smallest absolute Gasteiger partial charge is 0.217 e. The number of hydrogen-bond donors (Lipinski definition) is 1. The second-order valence-corrected chi connectivity index (χ2v) is 8.76. The van der Waals surface area contributed by atoms with Gasteiger partial charge in [-0.05, 0) is 23.3 Å². The molecule has 6 heteroatoms. The third kappa shape index (κ3) is 3.52. The van der Waals surface area contributed by atoms with Crippen LogP contribution in [-0.2, 0) is 31.2 Å². The Bertz CT molecular complexity index is 1400. The van der Waals surface area contributed by atoms with Gasteiger partial charge in [-0.1, -0.05) is 61.9 Å². The number of fused-ring (bicyclic) bond motifs is 4. The third-order valence-electron chi connectivity index (χ3n) is 6.37. The van der Waals surface area contributed by atoms with Crippen molar-refractivity contribution in [2.45, 2.75) is 31.4 Å². The van der Waals surface area contributed by atoms with Crippen molar-refractivity contribution in [1.29, 1.82) is 0 Å². The monoisotopic (exact) mass is 616 g/mol. The second kappa shape index (κ2) is 8.00. The van der Waals surface area contributed by atoms with Crippen LogP contribution in [0.5, 0.6) is 17.4 Å². The predicted octanol–water partition coefficient (Wildman–Crippen LogP) is 5.71. The van der Waals surface area contributed by atoms with Gasteiger partial charge in [0, 0.05) is 43.7 Å². The zero-order valence-corrected chi connectivity index (χ0v) is 20.3. The molecule has 0 amide bonds. The molecule has 1 aromatic heterocycles. The molecule has 4 aromatic rings. The Hall–Kier alpha value is -3.17. The molecule has 5 nitrogen and oxygen atoms in total. The summed E-state index contributed by atoms with van der Waals surface area (Å²) < 4.78 is 12.3. The molecule has 0 radical (unpaired) electrons. The van der Waals surface area contributed by atoms with Crippen LogP contribution >= 0.6 is 0 Å². The van der Waals surface area contributed by atoms with Crippen molar-refractivity contribution < 1.29 is 35.6 Å². The molecule has 1 N–H and O–H groups in total. The Balaban J connectivity index is 0.00000228. The van der Waals surface area contributed by atoms with Gasteiger partial charge in [-0.2, -0.15) is 0 Å². The fourth-order valence-electron chi connectivity index (χ4n) is 4.72. The minimum atomic E-state index is -0.103. The first kappa shape index (κ1) is 21.7. The van der Waals surface area contributed by atoms with Crippen LogP contribution in [0, 0.1) is 6.07 Å². The zero-order valence-electron chi connectivity index (χ0n) is 18.1. The van der Waals surface area contributed by atoms with E-state index in [4.69, 9.17) is 14.5 Å². The van der Waals surface area contributed by atoms with Crippen molar-refractivity contribution in [2.75, 3.05) is 0 Å². The molecule has 2 heterocycles. The van der Waals surface area contributed by atoms with Gasteiger partial charge in [0.25, 0.3) is 0 Å². The van der Waals surface area contributed by atoms with E-state index in [1.54, 1.807) is 18.2 Å². The Morgan fingerprint density at radius 3 is 2.67 bits per heavy atom. The van der Waals surface area contributed by atoms with Crippen molar-refractivity contribution in [2.24, 2.45) is 4.99 Å². The van der Waals surface area contributed by atoms with Crippen LogP contribution in [0.4, 0.5) is 0 Å². The van der Waals surface area contributed by atoms with Gasteiger partial charge in [0.05, 0.1) is 6.04 Å². The van der Waals surface area contributed by atoms with Crippen LogP contribution in [0.25, 0.3) is 10.9 Å². The number of benzene rings is 3. The van der Waals surface area contributed by atoms with Gasteiger partial charge in [-0.25, -0.2) is 4.98 Å². The molecule has 3 aromatic carbocycles. The zero-order chi connectivity index (χ0) is 21.9. The van der Waals surface area contributed by atoms with Crippen LogP contribution in [0.2, 0.25) is 0 Å². The van der Waals surface area contributed by atoms with E-state index in [0.29, 0.717) is 23.0 Å². The third-order valence-corrected chi connectivity index (χ3v) is 6.37. The summed E-state index contributed by atoms with van der Waals surface area (Å²) in [6, 6.07) is 26.3. The molecule has 0 unspecified atom stereocenters. The van der Waals surface area contributed by atoms with Crippen LogP contribution in [0.15, 0.2) is 77.8 Å². The van der Waals surface area contributed by atoms with Crippen molar-refractivity contribution >= 4 is 16.8 Å². The van der Waals surface area contributed by atoms with Crippen LogP contribution in [-0.4, -0.2) is 22.0 Å².